The molecule has 176 valence electrons. The van der Waals surface area contributed by atoms with E-state index in [-0.39, 0.29) is 11.7 Å². The van der Waals surface area contributed by atoms with Crippen LogP contribution in [0.15, 0.2) is 47.6 Å². The largest absolute Gasteiger partial charge is 0.495 e. The minimum atomic E-state index is -0.163. The van der Waals surface area contributed by atoms with Crippen LogP contribution < -0.4 is 19.5 Å². The summed E-state index contributed by atoms with van der Waals surface area (Å²) in [5, 5.41) is 12.3. The third-order valence-electron chi connectivity index (χ3n) is 4.80. The van der Waals surface area contributed by atoms with Gasteiger partial charge in [-0.15, -0.1) is 10.2 Å². The van der Waals surface area contributed by atoms with Gasteiger partial charge in [-0.3, -0.25) is 4.79 Å². The highest BCUT2D eigenvalue weighted by Gasteiger charge is 2.18. The van der Waals surface area contributed by atoms with Crippen LogP contribution in [0.5, 0.6) is 17.2 Å². The number of hydrogen-bond acceptors (Lipinski definition) is 8. The predicted molar refractivity (Wildman–Crippen MR) is 127 cm³/mol. The van der Waals surface area contributed by atoms with Gasteiger partial charge < -0.3 is 28.8 Å². The number of rotatable bonds is 12. The number of para-hydroxylation sites is 2. The van der Waals surface area contributed by atoms with E-state index in [4.69, 9.17) is 18.9 Å². The van der Waals surface area contributed by atoms with Gasteiger partial charge in [-0.05, 0) is 36.8 Å². The van der Waals surface area contributed by atoms with Gasteiger partial charge in [-0.25, -0.2) is 0 Å². The molecule has 1 amide bonds. The normalized spacial score (nSPS) is 10.7. The summed E-state index contributed by atoms with van der Waals surface area (Å²) < 4.78 is 23.2. The lowest BCUT2D eigenvalue weighted by Crippen LogP contribution is -2.15. The van der Waals surface area contributed by atoms with E-state index < -0.39 is 0 Å². The van der Waals surface area contributed by atoms with Gasteiger partial charge in [0.15, 0.2) is 22.5 Å². The van der Waals surface area contributed by atoms with Gasteiger partial charge in [0.25, 0.3) is 0 Å². The van der Waals surface area contributed by atoms with Crippen molar-refractivity contribution in [3.63, 3.8) is 0 Å². The lowest BCUT2D eigenvalue weighted by atomic mass is 10.2. The van der Waals surface area contributed by atoms with E-state index in [1.165, 1.54) is 11.8 Å². The highest BCUT2D eigenvalue weighted by Crippen LogP contribution is 2.33. The Morgan fingerprint density at radius 3 is 2.45 bits per heavy atom. The van der Waals surface area contributed by atoms with Crippen LogP contribution in [0.1, 0.15) is 6.42 Å². The quantitative estimate of drug-likeness (QED) is 0.315. The molecule has 10 heteroatoms. The minimum absolute atomic E-state index is 0.163. The molecule has 33 heavy (non-hydrogen) atoms. The molecular formula is C23H28N4O5S. The van der Waals surface area contributed by atoms with Crippen LogP contribution in [0.4, 0.5) is 5.69 Å². The highest BCUT2D eigenvalue weighted by atomic mass is 32.2. The fourth-order valence-electron chi connectivity index (χ4n) is 3.22. The number of thioether (sulfide) groups is 1. The number of nitrogens with one attached hydrogen (secondary N) is 1. The molecule has 1 N–H and O–H groups in total. The molecule has 0 aliphatic heterocycles. The molecule has 2 aromatic carbocycles. The molecule has 0 aliphatic carbocycles. The third kappa shape index (κ3) is 6.17. The van der Waals surface area contributed by atoms with E-state index in [9.17, 15) is 4.79 Å². The Balaban J connectivity index is 1.79. The zero-order valence-corrected chi connectivity index (χ0v) is 20.0. The Bertz CT molecular complexity index is 1070. The zero-order valence-electron chi connectivity index (χ0n) is 19.2. The lowest BCUT2D eigenvalue weighted by molar-refractivity contribution is -0.113. The first kappa shape index (κ1) is 24.4. The second-order valence-corrected chi connectivity index (χ2v) is 7.85. The van der Waals surface area contributed by atoms with Gasteiger partial charge in [0, 0.05) is 25.8 Å². The monoisotopic (exact) mass is 472 g/mol. The first-order valence-corrected chi connectivity index (χ1v) is 11.3. The summed E-state index contributed by atoms with van der Waals surface area (Å²) >= 11 is 1.32. The van der Waals surface area contributed by atoms with Crippen LogP contribution in [0, 0.1) is 0 Å². The van der Waals surface area contributed by atoms with Crippen LogP contribution in [-0.2, 0) is 16.1 Å². The topological polar surface area (TPSA) is 96.7 Å². The Morgan fingerprint density at radius 1 is 0.970 bits per heavy atom. The van der Waals surface area contributed by atoms with Crippen molar-refractivity contribution in [2.75, 3.05) is 46.1 Å². The molecule has 0 unspecified atom stereocenters. The molecule has 0 radical (unpaired) electrons. The van der Waals surface area contributed by atoms with Crippen LogP contribution in [0.3, 0.4) is 0 Å². The van der Waals surface area contributed by atoms with E-state index in [1.807, 2.05) is 34.9 Å². The molecule has 3 rings (SSSR count). The van der Waals surface area contributed by atoms with E-state index >= 15 is 0 Å². The van der Waals surface area contributed by atoms with E-state index in [1.54, 1.807) is 40.6 Å². The van der Waals surface area contributed by atoms with Gasteiger partial charge >= 0.3 is 0 Å². The average Bonchev–Trinajstić information content (AvgIpc) is 3.25. The van der Waals surface area contributed by atoms with E-state index in [0.717, 1.165) is 12.0 Å². The number of hydrogen-bond donors (Lipinski definition) is 1. The van der Waals surface area contributed by atoms with Gasteiger partial charge in [0.05, 0.1) is 32.8 Å². The van der Waals surface area contributed by atoms with Gasteiger partial charge in [0.1, 0.15) is 5.75 Å². The number of amides is 1. The maximum absolute atomic E-state index is 12.6. The molecule has 0 aliphatic rings. The van der Waals surface area contributed by atoms with E-state index in [2.05, 4.69) is 15.5 Å². The molecule has 0 spiro atoms. The molecule has 1 heterocycles. The van der Waals surface area contributed by atoms with Crippen molar-refractivity contribution in [2.24, 2.45) is 0 Å². The Kier molecular flexibility index (Phi) is 8.96. The second kappa shape index (κ2) is 12.1. The summed E-state index contributed by atoms with van der Waals surface area (Å²) in [6.45, 7) is 1.24. The molecule has 0 saturated heterocycles. The lowest BCUT2D eigenvalue weighted by Gasteiger charge is -2.12. The minimum Gasteiger partial charge on any atom is -0.495 e. The maximum atomic E-state index is 12.6. The summed E-state index contributed by atoms with van der Waals surface area (Å²) in [6.07, 6.45) is 0.774. The highest BCUT2D eigenvalue weighted by molar-refractivity contribution is 7.99. The number of ether oxygens (including phenoxy) is 4. The van der Waals surface area contributed by atoms with Gasteiger partial charge in [-0.1, -0.05) is 23.9 Å². The third-order valence-corrected chi connectivity index (χ3v) is 5.77. The van der Waals surface area contributed by atoms with Crippen molar-refractivity contribution < 1.29 is 23.7 Å². The van der Waals surface area contributed by atoms with Crippen molar-refractivity contribution in [1.29, 1.82) is 0 Å². The Hall–Kier alpha value is -3.24. The molecule has 0 saturated carbocycles. The van der Waals surface area contributed by atoms with Gasteiger partial charge in [-0.2, -0.15) is 0 Å². The second-order valence-electron chi connectivity index (χ2n) is 6.91. The average molecular weight is 473 g/mol. The molecule has 0 bridgehead atoms. The standard InChI is InChI=1S/C23H28N4O5S/c1-29-13-7-12-27-22(16-10-11-19(31-3)20(14-16)32-4)25-26-23(27)33-15-21(28)24-17-8-5-6-9-18(17)30-2/h5-6,8-11,14H,7,12-13,15H2,1-4H3,(H,24,28). The number of benzene rings is 2. The number of methoxy groups -OCH3 is 4. The smallest absolute Gasteiger partial charge is 0.234 e. The molecule has 0 atom stereocenters. The van der Waals surface area contributed by atoms with Crippen LogP contribution >= 0.6 is 11.8 Å². The Labute approximate surface area is 197 Å². The number of carbonyl (C=O) groups is 1. The molecule has 3 aromatic rings. The number of aromatic nitrogens is 3. The number of carbonyl (C=O) groups excluding carboxylic acids is 1. The molecule has 0 fully saturated rings. The predicted octanol–water partition coefficient (Wildman–Crippen LogP) is 3.74. The Morgan fingerprint density at radius 2 is 1.73 bits per heavy atom. The molecule has 9 nitrogen and oxygen atoms in total. The first-order chi connectivity index (χ1) is 16.1. The van der Waals surface area contributed by atoms with Crippen LogP contribution in [-0.4, -0.2) is 61.5 Å². The van der Waals surface area contributed by atoms with Crippen molar-refractivity contribution in [3.05, 3.63) is 42.5 Å². The van der Waals surface area contributed by atoms with Gasteiger partial charge in [0.2, 0.25) is 5.91 Å². The first-order valence-electron chi connectivity index (χ1n) is 10.3. The van der Waals surface area contributed by atoms with Crippen molar-refractivity contribution in [3.8, 4) is 28.6 Å². The fourth-order valence-corrected chi connectivity index (χ4v) is 3.98. The van der Waals surface area contributed by atoms with Crippen LogP contribution in [0.2, 0.25) is 0 Å². The zero-order chi connectivity index (χ0) is 23.6. The SMILES string of the molecule is COCCCn1c(SCC(=O)Nc2ccccc2OC)nnc1-c1ccc(OC)c(OC)c1. The van der Waals surface area contributed by atoms with E-state index in [0.29, 0.717) is 47.1 Å². The van der Waals surface area contributed by atoms with Crippen LogP contribution in [0.25, 0.3) is 11.4 Å². The fraction of sp³-hybridized carbons (Fsp3) is 0.348. The summed E-state index contributed by atoms with van der Waals surface area (Å²) in [7, 11) is 6.42. The number of nitrogens with zero attached hydrogens (tertiary/aromatic N) is 3. The summed E-state index contributed by atoms with van der Waals surface area (Å²) in [6, 6.07) is 12.9. The molecular weight excluding hydrogens is 444 g/mol. The van der Waals surface area contributed by atoms with Crippen molar-refractivity contribution >= 4 is 23.4 Å². The summed E-state index contributed by atoms with van der Waals surface area (Å²) in [5.41, 5.74) is 1.46. The number of anilines is 1. The summed E-state index contributed by atoms with van der Waals surface area (Å²) in [5.74, 6) is 2.53. The summed E-state index contributed by atoms with van der Waals surface area (Å²) in [4.78, 5) is 12.6. The van der Waals surface area contributed by atoms with Crippen molar-refractivity contribution in [1.82, 2.24) is 14.8 Å². The maximum Gasteiger partial charge on any atom is 0.234 e. The molecule has 1 aromatic heterocycles. The van der Waals surface area contributed by atoms with Crippen molar-refractivity contribution in [2.45, 2.75) is 18.1 Å².